The Hall–Kier alpha value is -3.04. The monoisotopic (exact) mass is 694 g/mol. The molecule has 6 nitrogen and oxygen atoms in total. The molecule has 274 valence electrons. The third-order valence-corrected chi connectivity index (χ3v) is 15.6. The number of fused-ring (bicyclic) bond motifs is 10. The number of allylic oxidation sites excluding steroid dienone is 4. The quantitative estimate of drug-likeness (QED) is 0.161. The lowest BCUT2D eigenvalue weighted by atomic mass is 9.51. The summed E-state index contributed by atoms with van der Waals surface area (Å²) in [5.74, 6) is 8.57. The molecule has 0 aliphatic heterocycles. The van der Waals surface area contributed by atoms with Crippen molar-refractivity contribution >= 4 is 11.9 Å². The molecular weight excluding hydrogens is 636 g/mol. The maximum absolute atomic E-state index is 13.1. The molecule has 0 spiro atoms. The van der Waals surface area contributed by atoms with E-state index >= 15 is 0 Å². The molecule has 12 atom stereocenters. The van der Waals surface area contributed by atoms with Crippen molar-refractivity contribution in [2.45, 2.75) is 142 Å². The Morgan fingerprint density at radius 1 is 0.941 bits per heavy atom. The molecule has 6 heteroatoms. The number of aryl methyl sites for hydroxylation is 1. The predicted molar refractivity (Wildman–Crippen MR) is 197 cm³/mol. The molecule has 0 bridgehead atoms. The number of carbonyl (C=O) groups is 2. The van der Waals surface area contributed by atoms with Gasteiger partial charge in [-0.2, -0.15) is 0 Å². The van der Waals surface area contributed by atoms with Gasteiger partial charge in [-0.25, -0.2) is 4.79 Å². The maximum atomic E-state index is 13.1. The molecule has 1 aromatic carbocycles. The summed E-state index contributed by atoms with van der Waals surface area (Å²) in [4.78, 5) is 24.6. The number of benzene rings is 1. The highest BCUT2D eigenvalue weighted by molar-refractivity contribution is 5.75. The molecule has 8 rings (SSSR count). The van der Waals surface area contributed by atoms with Crippen molar-refractivity contribution in [1.82, 2.24) is 0 Å². The van der Waals surface area contributed by atoms with Crippen LogP contribution in [0.25, 0.3) is 0 Å². The standard InChI is InChI=1S/C45H58O6/c1-7-45(51-42(47)27(3)48-8-2)24-21-40-38-14-10-30-26-32(12-16-34(30)36(38)20-23-44(40,45)6)50-41-18-17-39-37-13-9-29-25-31(49-28(4)46)11-15-33(29)35(37)19-22-43(39,41)5/h1,10-11,15,25-27,34-41H,8-9,12-14,16-24H2,2-6H3/t27?,34-,35+,36+,37+,38+,39-,40-,41-,43-,44-,45-/m0/s1. The largest absolute Gasteiger partial charge is 0.494 e. The van der Waals surface area contributed by atoms with E-state index in [4.69, 9.17) is 25.4 Å². The van der Waals surface area contributed by atoms with E-state index in [0.29, 0.717) is 53.8 Å². The normalized spacial score (nSPS) is 41.1. The molecule has 7 aliphatic rings. The minimum atomic E-state index is -0.854. The van der Waals surface area contributed by atoms with Crippen LogP contribution in [-0.2, 0) is 30.2 Å². The van der Waals surface area contributed by atoms with Crippen LogP contribution in [0.4, 0.5) is 0 Å². The summed E-state index contributed by atoms with van der Waals surface area (Å²) in [6.07, 6.45) is 25.1. The molecule has 4 saturated carbocycles. The Morgan fingerprint density at radius 2 is 1.78 bits per heavy atom. The van der Waals surface area contributed by atoms with Crippen molar-refractivity contribution in [1.29, 1.82) is 0 Å². The van der Waals surface area contributed by atoms with Crippen LogP contribution >= 0.6 is 0 Å². The zero-order valence-electron chi connectivity index (χ0n) is 31.5. The van der Waals surface area contributed by atoms with Gasteiger partial charge in [-0.1, -0.05) is 31.9 Å². The summed E-state index contributed by atoms with van der Waals surface area (Å²) in [5.41, 5.74) is 3.50. The van der Waals surface area contributed by atoms with Crippen LogP contribution in [0, 0.1) is 58.7 Å². The summed E-state index contributed by atoms with van der Waals surface area (Å²) in [6, 6.07) is 6.35. The van der Waals surface area contributed by atoms with Crippen LogP contribution in [-0.4, -0.2) is 36.4 Å². The molecule has 0 heterocycles. The molecule has 51 heavy (non-hydrogen) atoms. The number of carbonyl (C=O) groups excluding carboxylic acids is 2. The van der Waals surface area contributed by atoms with Crippen molar-refractivity contribution in [3.63, 3.8) is 0 Å². The molecule has 4 fully saturated rings. The Balaban J connectivity index is 0.942. The van der Waals surface area contributed by atoms with Crippen LogP contribution in [0.2, 0.25) is 0 Å². The van der Waals surface area contributed by atoms with Crippen LogP contribution < -0.4 is 4.74 Å². The Labute approximate surface area is 305 Å². The van der Waals surface area contributed by atoms with Crippen LogP contribution in [0.5, 0.6) is 5.75 Å². The highest BCUT2D eigenvalue weighted by atomic mass is 16.6. The zero-order chi connectivity index (χ0) is 35.7. The van der Waals surface area contributed by atoms with Gasteiger partial charge in [-0.3, -0.25) is 4.79 Å². The first kappa shape index (κ1) is 35.0. The lowest BCUT2D eigenvalue weighted by Gasteiger charge is -2.54. The van der Waals surface area contributed by atoms with Crippen molar-refractivity contribution in [3.8, 4) is 18.1 Å². The van der Waals surface area contributed by atoms with Crippen LogP contribution in [0.3, 0.4) is 0 Å². The maximum Gasteiger partial charge on any atom is 0.336 e. The van der Waals surface area contributed by atoms with Gasteiger partial charge in [0.15, 0.2) is 11.7 Å². The average Bonchev–Trinajstić information content (AvgIpc) is 3.60. The van der Waals surface area contributed by atoms with Crippen molar-refractivity contribution in [2.24, 2.45) is 46.3 Å². The molecule has 7 aliphatic carbocycles. The first-order valence-corrected chi connectivity index (χ1v) is 20.2. The predicted octanol–water partition coefficient (Wildman–Crippen LogP) is 9.26. The number of hydrogen-bond donors (Lipinski definition) is 0. The summed E-state index contributed by atoms with van der Waals surface area (Å²) in [5, 5.41) is 0. The van der Waals surface area contributed by atoms with Gasteiger partial charge in [-0.05, 0) is 167 Å². The SMILES string of the molecule is C#C[C@]1(OC(=O)C(C)OCC)CC[C@H]2[C@@H]3CC=C4C=C(O[C@H]5CC[C@H]6[C@@H]7CCc8cc(OC(C)=O)ccc8[C@H]7CC[C@]56C)CC[C@@H]4[C@H]3CC[C@@]21C. The highest BCUT2D eigenvalue weighted by Crippen LogP contribution is 2.66. The molecule has 0 saturated heterocycles. The molecule has 0 aromatic heterocycles. The second-order valence-corrected chi connectivity index (χ2v) is 17.7. The van der Waals surface area contributed by atoms with E-state index in [1.54, 1.807) is 6.92 Å². The number of esters is 2. The summed E-state index contributed by atoms with van der Waals surface area (Å²) < 4.78 is 24.3. The molecule has 0 N–H and O–H groups in total. The Kier molecular flexibility index (Phi) is 9.01. The minimum Gasteiger partial charge on any atom is -0.494 e. The van der Waals surface area contributed by atoms with E-state index in [9.17, 15) is 9.59 Å². The molecule has 0 amide bonds. The van der Waals surface area contributed by atoms with Gasteiger partial charge in [0.2, 0.25) is 0 Å². The van der Waals surface area contributed by atoms with Crippen molar-refractivity contribution < 1.29 is 28.5 Å². The van der Waals surface area contributed by atoms with E-state index in [0.717, 1.165) is 57.8 Å². The van der Waals surface area contributed by atoms with E-state index < -0.39 is 11.7 Å². The van der Waals surface area contributed by atoms with Gasteiger partial charge in [0.1, 0.15) is 11.9 Å². The fraction of sp³-hybridized carbons (Fsp3) is 0.689. The van der Waals surface area contributed by atoms with E-state index in [-0.39, 0.29) is 28.9 Å². The van der Waals surface area contributed by atoms with Crippen molar-refractivity contribution in [3.05, 3.63) is 52.8 Å². The fourth-order valence-corrected chi connectivity index (χ4v) is 13.1. The smallest absolute Gasteiger partial charge is 0.336 e. The van der Waals surface area contributed by atoms with E-state index in [1.165, 1.54) is 55.1 Å². The number of rotatable bonds is 7. The van der Waals surface area contributed by atoms with Gasteiger partial charge in [0, 0.05) is 30.8 Å². The lowest BCUT2D eigenvalue weighted by molar-refractivity contribution is -0.181. The summed E-state index contributed by atoms with van der Waals surface area (Å²) in [7, 11) is 0. The van der Waals surface area contributed by atoms with E-state index in [1.807, 2.05) is 13.0 Å². The fourth-order valence-electron chi connectivity index (χ4n) is 13.1. The average molecular weight is 695 g/mol. The van der Waals surface area contributed by atoms with Gasteiger partial charge in [0.25, 0.3) is 0 Å². The van der Waals surface area contributed by atoms with Crippen LogP contribution in [0.15, 0.2) is 41.7 Å². The topological polar surface area (TPSA) is 71.1 Å². The van der Waals surface area contributed by atoms with Crippen LogP contribution in [0.1, 0.15) is 129 Å². The lowest BCUT2D eigenvalue weighted by Crippen LogP contribution is -2.54. The third-order valence-electron chi connectivity index (χ3n) is 15.6. The second kappa shape index (κ2) is 13.1. The summed E-state index contributed by atoms with van der Waals surface area (Å²) >= 11 is 0. The molecule has 0 radical (unpaired) electrons. The Bertz CT molecular complexity index is 1670. The van der Waals surface area contributed by atoms with E-state index in [2.05, 4.69) is 44.1 Å². The van der Waals surface area contributed by atoms with Crippen molar-refractivity contribution in [2.75, 3.05) is 6.61 Å². The molecule has 1 aromatic rings. The molecular formula is C45H58O6. The zero-order valence-corrected chi connectivity index (χ0v) is 31.5. The minimum absolute atomic E-state index is 0.212. The second-order valence-electron chi connectivity index (χ2n) is 17.7. The van der Waals surface area contributed by atoms with Gasteiger partial charge in [-0.15, -0.1) is 6.42 Å². The Morgan fingerprint density at radius 3 is 2.57 bits per heavy atom. The first-order valence-electron chi connectivity index (χ1n) is 20.2. The number of terminal acetylenes is 1. The third kappa shape index (κ3) is 5.62. The first-order chi connectivity index (χ1) is 24.5. The summed E-state index contributed by atoms with van der Waals surface area (Å²) in [6.45, 7) is 10.4. The number of ether oxygens (including phenoxy) is 4. The van der Waals surface area contributed by atoms with Gasteiger partial charge >= 0.3 is 11.9 Å². The number of hydrogen-bond acceptors (Lipinski definition) is 6. The van der Waals surface area contributed by atoms with Gasteiger partial charge in [0.05, 0.1) is 5.76 Å². The van der Waals surface area contributed by atoms with Gasteiger partial charge < -0.3 is 18.9 Å². The highest BCUT2D eigenvalue weighted by Gasteiger charge is 2.64. The molecule has 1 unspecified atom stereocenters.